The summed E-state index contributed by atoms with van der Waals surface area (Å²) in [5, 5.41) is 5.44. The molecule has 70 valence electrons. The molecule has 5 nitrogen and oxygen atoms in total. The number of nitrogens with zero attached hydrogens (tertiary/aromatic N) is 2. The maximum absolute atomic E-state index is 11.4. The molecular weight excluding hydrogens is 170 g/mol. The molecule has 5 heteroatoms. The van der Waals surface area contributed by atoms with Crippen LogP contribution in [0, 0.1) is 0 Å². The highest BCUT2D eigenvalue weighted by Gasteiger charge is 2.16. The van der Waals surface area contributed by atoms with Crippen LogP contribution >= 0.6 is 0 Å². The molecule has 1 aliphatic rings. The van der Waals surface area contributed by atoms with E-state index < -0.39 is 0 Å². The Kier molecular flexibility index (Phi) is 2.27. The molecule has 1 N–H and O–H groups in total. The van der Waals surface area contributed by atoms with Crippen molar-refractivity contribution >= 4 is 5.91 Å². The van der Waals surface area contributed by atoms with E-state index in [4.69, 9.17) is 0 Å². The Balaban J connectivity index is 1.91. The lowest BCUT2D eigenvalue weighted by atomic mass is 10.4. The number of amides is 1. The molecule has 1 aromatic rings. The molecule has 0 aromatic carbocycles. The second-order valence-electron chi connectivity index (χ2n) is 3.02. The Morgan fingerprint density at radius 3 is 2.92 bits per heavy atom. The highest BCUT2D eigenvalue weighted by atomic mass is 16.5. The Morgan fingerprint density at radius 1 is 1.54 bits per heavy atom. The zero-order chi connectivity index (χ0) is 9.10. The lowest BCUT2D eigenvalue weighted by Crippen LogP contribution is -2.40. The van der Waals surface area contributed by atoms with Gasteiger partial charge in [0.2, 0.25) is 0 Å². The number of nitrogens with one attached hydrogen (secondary N) is 1. The minimum absolute atomic E-state index is 0.198. The van der Waals surface area contributed by atoms with Crippen molar-refractivity contribution in [3.8, 4) is 0 Å². The molecule has 0 radical (unpaired) electrons. The van der Waals surface area contributed by atoms with Gasteiger partial charge in [0.25, 0.3) is 5.91 Å². The van der Waals surface area contributed by atoms with Gasteiger partial charge < -0.3 is 4.52 Å². The van der Waals surface area contributed by atoms with E-state index in [2.05, 4.69) is 15.1 Å². The molecular formula is C8H11N3O2. The first-order chi connectivity index (χ1) is 6.36. The number of carbonyl (C=O) groups excluding carboxylic acids is 1. The summed E-state index contributed by atoms with van der Waals surface area (Å²) >= 11 is 0. The van der Waals surface area contributed by atoms with Crippen LogP contribution in [0.3, 0.4) is 0 Å². The van der Waals surface area contributed by atoms with Gasteiger partial charge in [0, 0.05) is 19.2 Å². The van der Waals surface area contributed by atoms with Crippen molar-refractivity contribution in [1.82, 2.24) is 15.6 Å². The molecule has 0 spiro atoms. The van der Waals surface area contributed by atoms with Crippen molar-refractivity contribution in [2.24, 2.45) is 0 Å². The molecule has 1 amide bonds. The summed E-state index contributed by atoms with van der Waals surface area (Å²) in [5.74, 6) is -0.198. The summed E-state index contributed by atoms with van der Waals surface area (Å²) < 4.78 is 4.57. The van der Waals surface area contributed by atoms with E-state index in [1.807, 2.05) is 5.01 Å². The van der Waals surface area contributed by atoms with E-state index in [0.29, 0.717) is 5.69 Å². The predicted molar refractivity (Wildman–Crippen MR) is 44.8 cm³/mol. The lowest BCUT2D eigenvalue weighted by molar-refractivity contribution is 0.0816. The molecule has 1 saturated heterocycles. The molecule has 0 aliphatic carbocycles. The van der Waals surface area contributed by atoms with Gasteiger partial charge in [-0.25, -0.2) is 5.01 Å². The summed E-state index contributed by atoms with van der Waals surface area (Å²) in [6.45, 7) is 1.84. The maximum Gasteiger partial charge on any atom is 0.287 e. The van der Waals surface area contributed by atoms with Crippen LogP contribution in [0.15, 0.2) is 16.9 Å². The monoisotopic (exact) mass is 181 g/mol. The summed E-state index contributed by atoms with van der Waals surface area (Å²) in [6.07, 6.45) is 3.66. The van der Waals surface area contributed by atoms with Gasteiger partial charge in [0.1, 0.15) is 6.26 Å². The average Bonchev–Trinajstić information content (AvgIpc) is 2.74. The molecule has 2 heterocycles. The van der Waals surface area contributed by atoms with Gasteiger partial charge in [-0.05, 0) is 12.8 Å². The number of hydrogen-bond acceptors (Lipinski definition) is 4. The van der Waals surface area contributed by atoms with Gasteiger partial charge in [-0.15, -0.1) is 0 Å². The summed E-state index contributed by atoms with van der Waals surface area (Å²) in [5.41, 5.74) is 3.08. The Bertz CT molecular complexity index is 278. The van der Waals surface area contributed by atoms with Crippen molar-refractivity contribution in [3.63, 3.8) is 0 Å². The normalized spacial score (nSPS) is 17.5. The van der Waals surface area contributed by atoms with Gasteiger partial charge in [-0.3, -0.25) is 10.2 Å². The Labute approximate surface area is 75.7 Å². The molecule has 0 bridgehead atoms. The average molecular weight is 181 g/mol. The van der Waals surface area contributed by atoms with E-state index in [1.54, 1.807) is 6.07 Å². The van der Waals surface area contributed by atoms with Crippen LogP contribution in [0.1, 0.15) is 23.3 Å². The lowest BCUT2D eigenvalue weighted by Gasteiger charge is -2.14. The molecule has 1 aliphatic heterocycles. The SMILES string of the molecule is O=C(NN1CCCC1)c1ccon1. The Morgan fingerprint density at radius 2 is 2.31 bits per heavy atom. The second kappa shape index (κ2) is 3.57. The van der Waals surface area contributed by atoms with Gasteiger partial charge in [0.15, 0.2) is 5.69 Å². The molecule has 13 heavy (non-hydrogen) atoms. The fourth-order valence-corrected chi connectivity index (χ4v) is 1.36. The van der Waals surface area contributed by atoms with E-state index in [9.17, 15) is 4.79 Å². The number of hydrogen-bond donors (Lipinski definition) is 1. The maximum atomic E-state index is 11.4. The van der Waals surface area contributed by atoms with E-state index in [-0.39, 0.29) is 5.91 Å². The zero-order valence-corrected chi connectivity index (χ0v) is 7.19. The van der Waals surface area contributed by atoms with Gasteiger partial charge in [0.05, 0.1) is 0 Å². The quantitative estimate of drug-likeness (QED) is 0.718. The standard InChI is InChI=1S/C8H11N3O2/c12-8(7-3-6-13-10-7)9-11-4-1-2-5-11/h3,6H,1-2,4-5H2,(H,9,12). The molecule has 1 aromatic heterocycles. The number of carbonyl (C=O) groups is 1. The molecule has 0 unspecified atom stereocenters. The first kappa shape index (κ1) is 8.25. The minimum atomic E-state index is -0.198. The predicted octanol–water partition coefficient (Wildman–Crippen LogP) is 0.415. The van der Waals surface area contributed by atoms with Crippen LogP contribution in [-0.2, 0) is 0 Å². The molecule has 1 fully saturated rings. The van der Waals surface area contributed by atoms with Gasteiger partial charge >= 0.3 is 0 Å². The molecule has 0 atom stereocenters. The van der Waals surface area contributed by atoms with Gasteiger partial charge in [-0.1, -0.05) is 5.16 Å². The first-order valence-electron chi connectivity index (χ1n) is 4.32. The van der Waals surface area contributed by atoms with Crippen molar-refractivity contribution in [2.75, 3.05) is 13.1 Å². The van der Waals surface area contributed by atoms with Crippen molar-refractivity contribution in [1.29, 1.82) is 0 Å². The van der Waals surface area contributed by atoms with Crippen LogP contribution in [0.4, 0.5) is 0 Å². The first-order valence-corrected chi connectivity index (χ1v) is 4.32. The highest BCUT2D eigenvalue weighted by molar-refractivity contribution is 5.91. The summed E-state index contributed by atoms with van der Waals surface area (Å²) in [7, 11) is 0. The zero-order valence-electron chi connectivity index (χ0n) is 7.19. The van der Waals surface area contributed by atoms with E-state index >= 15 is 0 Å². The summed E-state index contributed by atoms with van der Waals surface area (Å²) in [6, 6.07) is 1.55. The van der Waals surface area contributed by atoms with Crippen LogP contribution < -0.4 is 5.43 Å². The van der Waals surface area contributed by atoms with Gasteiger partial charge in [-0.2, -0.15) is 0 Å². The fourth-order valence-electron chi connectivity index (χ4n) is 1.36. The van der Waals surface area contributed by atoms with Crippen molar-refractivity contribution in [2.45, 2.75) is 12.8 Å². The smallest absolute Gasteiger partial charge is 0.287 e. The van der Waals surface area contributed by atoms with Crippen molar-refractivity contribution in [3.05, 3.63) is 18.0 Å². The summed E-state index contributed by atoms with van der Waals surface area (Å²) in [4.78, 5) is 11.4. The number of rotatable bonds is 2. The number of aromatic nitrogens is 1. The van der Waals surface area contributed by atoms with Crippen LogP contribution in [0.25, 0.3) is 0 Å². The second-order valence-corrected chi connectivity index (χ2v) is 3.02. The fraction of sp³-hybridized carbons (Fsp3) is 0.500. The van der Waals surface area contributed by atoms with E-state index in [0.717, 1.165) is 25.9 Å². The number of hydrazine groups is 1. The van der Waals surface area contributed by atoms with Crippen LogP contribution in [0.2, 0.25) is 0 Å². The molecule has 0 saturated carbocycles. The third-order valence-corrected chi connectivity index (χ3v) is 2.04. The molecule has 2 rings (SSSR count). The Hall–Kier alpha value is -1.36. The largest absolute Gasteiger partial charge is 0.364 e. The van der Waals surface area contributed by atoms with Crippen LogP contribution in [0.5, 0.6) is 0 Å². The van der Waals surface area contributed by atoms with E-state index in [1.165, 1.54) is 6.26 Å². The highest BCUT2D eigenvalue weighted by Crippen LogP contribution is 2.04. The minimum Gasteiger partial charge on any atom is -0.364 e. The van der Waals surface area contributed by atoms with Crippen molar-refractivity contribution < 1.29 is 9.32 Å². The third-order valence-electron chi connectivity index (χ3n) is 2.04. The topological polar surface area (TPSA) is 58.4 Å². The van der Waals surface area contributed by atoms with Crippen LogP contribution in [-0.4, -0.2) is 29.2 Å². The third kappa shape index (κ3) is 1.86.